The maximum absolute atomic E-state index is 12.1. The largest absolute Gasteiger partial charge is 0.494 e. The van der Waals surface area contributed by atoms with E-state index in [1.165, 1.54) is 0 Å². The molecule has 2 rings (SSSR count). The summed E-state index contributed by atoms with van der Waals surface area (Å²) >= 11 is 3.77. The van der Waals surface area contributed by atoms with Crippen molar-refractivity contribution in [3.63, 3.8) is 0 Å². The minimum atomic E-state index is -0.0774. The van der Waals surface area contributed by atoms with Crippen molar-refractivity contribution in [2.75, 3.05) is 11.9 Å². The second-order valence-corrected chi connectivity index (χ2v) is 6.81. The molecule has 0 saturated carbocycles. The Bertz CT molecular complexity index is 595. The van der Waals surface area contributed by atoms with Crippen molar-refractivity contribution in [3.8, 4) is 5.75 Å². The van der Waals surface area contributed by atoms with E-state index in [2.05, 4.69) is 27.9 Å². The fourth-order valence-electron chi connectivity index (χ4n) is 1.66. The minimum absolute atomic E-state index is 0.0774. The summed E-state index contributed by atoms with van der Waals surface area (Å²) < 4.78 is 6.53. The van der Waals surface area contributed by atoms with E-state index >= 15 is 0 Å². The Hall–Kier alpha value is -1.08. The summed E-state index contributed by atoms with van der Waals surface area (Å²) in [4.78, 5) is 12.1. The Balaban J connectivity index is 2.13. The van der Waals surface area contributed by atoms with Crippen LogP contribution in [0.3, 0.4) is 0 Å². The van der Waals surface area contributed by atoms with Crippen molar-refractivity contribution >= 4 is 45.5 Å². The molecule has 0 aliphatic rings. The number of halogens is 1. The van der Waals surface area contributed by atoms with Crippen LogP contribution in [0.5, 0.6) is 5.75 Å². The number of anilines is 1. The number of thiophene rings is 1. The van der Waals surface area contributed by atoms with E-state index in [-0.39, 0.29) is 5.91 Å². The van der Waals surface area contributed by atoms with Crippen molar-refractivity contribution in [2.45, 2.75) is 13.8 Å². The molecule has 1 aromatic carbocycles. The smallest absolute Gasteiger partial charge is 0.256 e. The highest BCUT2D eigenvalue weighted by atomic mass is 127. The first-order chi connectivity index (χ1) is 9.10. The van der Waals surface area contributed by atoms with Gasteiger partial charge in [0.2, 0.25) is 0 Å². The minimum Gasteiger partial charge on any atom is -0.494 e. The van der Waals surface area contributed by atoms with Gasteiger partial charge < -0.3 is 10.1 Å². The molecule has 1 N–H and O–H groups in total. The van der Waals surface area contributed by atoms with Gasteiger partial charge in [-0.2, -0.15) is 0 Å². The first-order valence-corrected chi connectivity index (χ1v) is 7.85. The Morgan fingerprint density at radius 2 is 2.21 bits per heavy atom. The van der Waals surface area contributed by atoms with Gasteiger partial charge in [0.1, 0.15) is 5.75 Å². The first kappa shape index (κ1) is 14.3. The number of carbonyl (C=O) groups excluding carboxylic acids is 1. The third-order valence-electron chi connectivity index (χ3n) is 2.59. The van der Waals surface area contributed by atoms with Crippen LogP contribution in [0.25, 0.3) is 0 Å². The van der Waals surface area contributed by atoms with Crippen LogP contribution >= 0.6 is 33.9 Å². The van der Waals surface area contributed by atoms with E-state index in [1.54, 1.807) is 11.3 Å². The van der Waals surface area contributed by atoms with Crippen LogP contribution in [0.15, 0.2) is 29.6 Å². The zero-order chi connectivity index (χ0) is 13.8. The SMILES string of the molecule is CCOc1ccc(NC(=O)c2csc(I)c2)c(C)c1. The van der Waals surface area contributed by atoms with E-state index in [9.17, 15) is 4.79 Å². The van der Waals surface area contributed by atoms with Crippen LogP contribution in [0.4, 0.5) is 5.69 Å². The normalized spacial score (nSPS) is 10.3. The summed E-state index contributed by atoms with van der Waals surface area (Å²) in [5.74, 6) is 0.745. The van der Waals surface area contributed by atoms with Crippen molar-refractivity contribution < 1.29 is 9.53 Å². The molecule has 0 fully saturated rings. The van der Waals surface area contributed by atoms with Crippen LogP contribution in [-0.2, 0) is 0 Å². The third-order valence-corrected chi connectivity index (χ3v) is 4.38. The number of hydrogen-bond donors (Lipinski definition) is 1. The number of hydrogen-bond acceptors (Lipinski definition) is 3. The molecule has 0 spiro atoms. The van der Waals surface area contributed by atoms with Gasteiger partial charge in [-0.25, -0.2) is 0 Å². The fraction of sp³-hybridized carbons (Fsp3) is 0.214. The molecule has 0 radical (unpaired) electrons. The lowest BCUT2D eigenvalue weighted by Gasteiger charge is -2.10. The van der Waals surface area contributed by atoms with E-state index in [4.69, 9.17) is 4.74 Å². The third kappa shape index (κ3) is 3.70. The average Bonchev–Trinajstić information content (AvgIpc) is 2.80. The Morgan fingerprint density at radius 1 is 1.42 bits per heavy atom. The average molecular weight is 387 g/mol. The summed E-state index contributed by atoms with van der Waals surface area (Å²) in [5.41, 5.74) is 2.50. The van der Waals surface area contributed by atoms with Gasteiger partial charge in [0.25, 0.3) is 5.91 Å². The number of amides is 1. The van der Waals surface area contributed by atoms with Crippen molar-refractivity contribution in [1.29, 1.82) is 0 Å². The van der Waals surface area contributed by atoms with Crippen molar-refractivity contribution in [2.24, 2.45) is 0 Å². The lowest BCUT2D eigenvalue weighted by atomic mass is 10.2. The van der Waals surface area contributed by atoms with Gasteiger partial charge >= 0.3 is 0 Å². The molecule has 0 aliphatic heterocycles. The zero-order valence-corrected chi connectivity index (χ0v) is 13.7. The van der Waals surface area contributed by atoms with E-state index < -0.39 is 0 Å². The summed E-state index contributed by atoms with van der Waals surface area (Å²) in [7, 11) is 0. The van der Waals surface area contributed by atoms with Gasteiger partial charge in [-0.1, -0.05) is 0 Å². The summed E-state index contributed by atoms with van der Waals surface area (Å²) in [6.07, 6.45) is 0. The predicted molar refractivity (Wildman–Crippen MR) is 87.3 cm³/mol. The molecule has 1 aromatic heterocycles. The van der Waals surface area contributed by atoms with E-state index in [0.29, 0.717) is 12.2 Å². The quantitative estimate of drug-likeness (QED) is 0.794. The van der Waals surface area contributed by atoms with Crippen molar-refractivity contribution in [3.05, 3.63) is 43.7 Å². The molecule has 0 saturated heterocycles. The topological polar surface area (TPSA) is 38.3 Å². The lowest BCUT2D eigenvalue weighted by Crippen LogP contribution is -2.11. The summed E-state index contributed by atoms with van der Waals surface area (Å²) in [6.45, 7) is 4.54. The van der Waals surface area contributed by atoms with Gasteiger partial charge in [-0.05, 0) is 66.3 Å². The standard InChI is InChI=1S/C14H14INO2S/c1-3-18-11-4-5-12(9(2)6-11)16-14(17)10-7-13(15)19-8-10/h4-8H,3H2,1-2H3,(H,16,17). The zero-order valence-electron chi connectivity index (χ0n) is 10.7. The van der Waals surface area contributed by atoms with E-state index in [0.717, 1.165) is 19.9 Å². The van der Waals surface area contributed by atoms with Gasteiger partial charge in [0.05, 0.1) is 15.1 Å². The monoisotopic (exact) mass is 387 g/mol. The van der Waals surface area contributed by atoms with Crippen molar-refractivity contribution in [1.82, 2.24) is 0 Å². The van der Waals surface area contributed by atoms with Crippen LogP contribution in [0, 0.1) is 9.81 Å². The number of benzene rings is 1. The van der Waals surface area contributed by atoms with Crippen LogP contribution < -0.4 is 10.1 Å². The molecule has 5 heteroatoms. The lowest BCUT2D eigenvalue weighted by molar-refractivity contribution is 0.102. The molecule has 2 aromatic rings. The highest BCUT2D eigenvalue weighted by Gasteiger charge is 2.10. The molecule has 3 nitrogen and oxygen atoms in total. The van der Waals surface area contributed by atoms with Crippen LogP contribution in [0.1, 0.15) is 22.8 Å². The number of rotatable bonds is 4. The molecule has 19 heavy (non-hydrogen) atoms. The number of nitrogens with one attached hydrogen (secondary N) is 1. The molecule has 100 valence electrons. The van der Waals surface area contributed by atoms with Gasteiger partial charge in [-0.15, -0.1) is 11.3 Å². The maximum Gasteiger partial charge on any atom is 0.256 e. The Morgan fingerprint density at radius 3 is 2.79 bits per heavy atom. The molecular weight excluding hydrogens is 373 g/mol. The molecule has 0 aliphatic carbocycles. The highest BCUT2D eigenvalue weighted by molar-refractivity contribution is 14.1. The van der Waals surface area contributed by atoms with Gasteiger partial charge in [0.15, 0.2) is 0 Å². The fourth-order valence-corrected chi connectivity index (χ4v) is 2.98. The summed E-state index contributed by atoms with van der Waals surface area (Å²) in [6, 6.07) is 7.54. The van der Waals surface area contributed by atoms with Crippen LogP contribution in [-0.4, -0.2) is 12.5 Å². The number of ether oxygens (including phenoxy) is 1. The second kappa shape index (κ2) is 6.38. The van der Waals surface area contributed by atoms with E-state index in [1.807, 2.05) is 43.5 Å². The molecule has 0 unspecified atom stereocenters. The van der Waals surface area contributed by atoms with Gasteiger partial charge in [0, 0.05) is 11.1 Å². The summed E-state index contributed by atoms with van der Waals surface area (Å²) in [5, 5.41) is 4.78. The Kier molecular flexibility index (Phi) is 4.81. The number of aryl methyl sites for hydroxylation is 1. The highest BCUT2D eigenvalue weighted by Crippen LogP contribution is 2.23. The second-order valence-electron chi connectivity index (χ2n) is 4.00. The maximum atomic E-state index is 12.1. The molecule has 0 atom stereocenters. The molecular formula is C14H14INO2S. The molecule has 1 amide bonds. The van der Waals surface area contributed by atoms with Crippen LogP contribution in [0.2, 0.25) is 0 Å². The van der Waals surface area contributed by atoms with Gasteiger partial charge in [-0.3, -0.25) is 4.79 Å². The molecule has 1 heterocycles. The first-order valence-electron chi connectivity index (χ1n) is 5.89. The Labute approximate surface area is 130 Å². The molecule has 0 bridgehead atoms. The predicted octanol–water partition coefficient (Wildman–Crippen LogP) is 4.31. The number of carbonyl (C=O) groups is 1.